The first-order chi connectivity index (χ1) is 12.2. The van der Waals surface area contributed by atoms with E-state index in [1.807, 2.05) is 35.9 Å². The lowest BCUT2D eigenvalue weighted by Crippen LogP contribution is -2.28. The van der Waals surface area contributed by atoms with Crippen LogP contribution in [0.15, 0.2) is 48.5 Å². The summed E-state index contributed by atoms with van der Waals surface area (Å²) in [7, 11) is 1.83. The molecule has 4 rings (SSSR count). The minimum absolute atomic E-state index is 0.00355. The first kappa shape index (κ1) is 15.9. The maximum Gasteiger partial charge on any atom is 0.270 e. The van der Waals surface area contributed by atoms with Gasteiger partial charge in [0.2, 0.25) is 0 Å². The van der Waals surface area contributed by atoms with E-state index in [2.05, 4.69) is 12.1 Å². The van der Waals surface area contributed by atoms with Gasteiger partial charge in [-0.05, 0) is 36.5 Å². The van der Waals surface area contributed by atoms with E-state index in [1.165, 1.54) is 11.6 Å². The largest absolute Gasteiger partial charge is 0.340 e. The fourth-order valence-corrected chi connectivity index (χ4v) is 3.82. The first-order valence-corrected chi connectivity index (χ1v) is 8.76. The summed E-state index contributed by atoms with van der Waals surface area (Å²) in [5, 5.41) is 0.881. The zero-order valence-corrected chi connectivity index (χ0v) is 14.3. The number of rotatable bonds is 3. The Morgan fingerprint density at radius 3 is 2.68 bits per heavy atom. The summed E-state index contributed by atoms with van der Waals surface area (Å²) < 4.78 is 16.5. The van der Waals surface area contributed by atoms with Crippen molar-refractivity contribution in [3.8, 4) is 0 Å². The van der Waals surface area contributed by atoms with Gasteiger partial charge in [-0.3, -0.25) is 4.79 Å². The molecular weight excluding hydrogens is 315 g/mol. The van der Waals surface area contributed by atoms with Gasteiger partial charge in [0.15, 0.2) is 0 Å². The van der Waals surface area contributed by atoms with Gasteiger partial charge in [-0.1, -0.05) is 42.5 Å². The average molecular weight is 336 g/mol. The minimum atomic E-state index is -0.255. The Balaban J connectivity index is 1.86. The van der Waals surface area contributed by atoms with Gasteiger partial charge in [-0.2, -0.15) is 0 Å². The molecule has 0 radical (unpaired) electrons. The number of benzene rings is 2. The molecule has 0 aliphatic carbocycles. The SMILES string of the molecule is CN1CCCc2c(n(CCc3ccccc3)c3c(F)cccc23)C1=O. The highest BCUT2D eigenvalue weighted by atomic mass is 19.1. The molecular formula is C21H21FN2O. The zero-order chi connectivity index (χ0) is 17.4. The number of nitrogens with zero attached hydrogens (tertiary/aromatic N) is 2. The maximum absolute atomic E-state index is 14.6. The van der Waals surface area contributed by atoms with Crippen LogP contribution in [0.25, 0.3) is 10.9 Å². The molecule has 0 bridgehead atoms. The molecule has 0 atom stereocenters. The third kappa shape index (κ3) is 2.72. The maximum atomic E-state index is 14.6. The molecule has 0 spiro atoms. The molecule has 1 amide bonds. The second-order valence-electron chi connectivity index (χ2n) is 6.68. The van der Waals surface area contributed by atoms with Crippen molar-refractivity contribution in [2.24, 2.45) is 0 Å². The Morgan fingerprint density at radius 2 is 1.88 bits per heavy atom. The van der Waals surface area contributed by atoms with Crippen molar-refractivity contribution in [1.29, 1.82) is 0 Å². The highest BCUT2D eigenvalue weighted by molar-refractivity contribution is 6.02. The number of amides is 1. The topological polar surface area (TPSA) is 25.2 Å². The van der Waals surface area contributed by atoms with Gasteiger partial charge < -0.3 is 9.47 Å². The number of fused-ring (bicyclic) bond motifs is 3. The predicted molar refractivity (Wildman–Crippen MR) is 97.3 cm³/mol. The summed E-state index contributed by atoms with van der Waals surface area (Å²) in [4.78, 5) is 14.7. The molecule has 0 unspecified atom stereocenters. The first-order valence-electron chi connectivity index (χ1n) is 8.76. The third-order valence-electron chi connectivity index (χ3n) is 5.07. The number of halogens is 1. The fraction of sp³-hybridized carbons (Fsp3) is 0.286. The van der Waals surface area contributed by atoms with E-state index >= 15 is 0 Å². The van der Waals surface area contributed by atoms with Crippen molar-refractivity contribution in [3.05, 3.63) is 71.2 Å². The standard InChI is InChI=1S/C21H21FN2O/c1-23-13-6-10-17-16-9-5-11-18(22)19(16)24(20(17)21(23)25)14-12-15-7-3-2-4-8-15/h2-5,7-9,11H,6,10,12-14H2,1H3. The summed E-state index contributed by atoms with van der Waals surface area (Å²) >= 11 is 0. The highest BCUT2D eigenvalue weighted by Gasteiger charge is 2.28. The summed E-state index contributed by atoms with van der Waals surface area (Å²) in [5.41, 5.74) is 3.41. The molecule has 0 fully saturated rings. The van der Waals surface area contributed by atoms with E-state index in [1.54, 1.807) is 11.0 Å². The second kappa shape index (κ2) is 6.36. The molecule has 1 aliphatic rings. The van der Waals surface area contributed by atoms with Crippen LogP contribution in [0.2, 0.25) is 0 Å². The highest BCUT2D eigenvalue weighted by Crippen LogP contribution is 2.32. The van der Waals surface area contributed by atoms with E-state index in [4.69, 9.17) is 0 Å². The lowest BCUT2D eigenvalue weighted by atomic mass is 10.1. The van der Waals surface area contributed by atoms with Gasteiger partial charge in [-0.15, -0.1) is 0 Å². The van der Waals surface area contributed by atoms with Crippen molar-refractivity contribution in [1.82, 2.24) is 9.47 Å². The molecule has 3 aromatic rings. The lowest BCUT2D eigenvalue weighted by Gasteiger charge is -2.17. The van der Waals surface area contributed by atoms with Crippen molar-refractivity contribution in [3.63, 3.8) is 0 Å². The van der Waals surface area contributed by atoms with Crippen LogP contribution < -0.4 is 0 Å². The summed E-state index contributed by atoms with van der Waals surface area (Å²) in [6, 6.07) is 15.3. The van der Waals surface area contributed by atoms with Gasteiger partial charge in [0.05, 0.1) is 5.52 Å². The molecule has 1 aromatic heterocycles. The van der Waals surface area contributed by atoms with Crippen molar-refractivity contribution in [2.75, 3.05) is 13.6 Å². The van der Waals surface area contributed by atoms with Crippen LogP contribution in [-0.4, -0.2) is 29.0 Å². The van der Waals surface area contributed by atoms with Gasteiger partial charge in [0.1, 0.15) is 11.5 Å². The molecule has 0 saturated carbocycles. The molecule has 3 nitrogen and oxygen atoms in total. The molecule has 4 heteroatoms. The van der Waals surface area contributed by atoms with E-state index in [0.29, 0.717) is 17.8 Å². The lowest BCUT2D eigenvalue weighted by molar-refractivity contribution is 0.0790. The number of aryl methyl sites for hydroxylation is 3. The number of hydrogen-bond donors (Lipinski definition) is 0. The number of hydrogen-bond acceptors (Lipinski definition) is 1. The van der Waals surface area contributed by atoms with Gasteiger partial charge >= 0.3 is 0 Å². The molecule has 128 valence electrons. The number of aromatic nitrogens is 1. The Kier molecular flexibility index (Phi) is 4.04. The van der Waals surface area contributed by atoms with Crippen LogP contribution >= 0.6 is 0 Å². The van der Waals surface area contributed by atoms with E-state index in [9.17, 15) is 9.18 Å². The Bertz CT molecular complexity index is 930. The second-order valence-corrected chi connectivity index (χ2v) is 6.68. The summed E-state index contributed by atoms with van der Waals surface area (Å²) in [6.07, 6.45) is 2.48. The Hall–Kier alpha value is -2.62. The number of carbonyl (C=O) groups is 1. The Labute approximate surface area is 146 Å². The van der Waals surface area contributed by atoms with Crippen molar-refractivity contribution >= 4 is 16.8 Å². The molecule has 25 heavy (non-hydrogen) atoms. The smallest absolute Gasteiger partial charge is 0.270 e. The van der Waals surface area contributed by atoms with Crippen LogP contribution in [0.1, 0.15) is 28.0 Å². The normalized spacial score (nSPS) is 14.6. The third-order valence-corrected chi connectivity index (χ3v) is 5.07. The quantitative estimate of drug-likeness (QED) is 0.708. The predicted octanol–water partition coefficient (Wildman–Crippen LogP) is 4.04. The van der Waals surface area contributed by atoms with E-state index in [-0.39, 0.29) is 11.7 Å². The van der Waals surface area contributed by atoms with E-state index < -0.39 is 0 Å². The molecule has 0 saturated heterocycles. The van der Waals surface area contributed by atoms with E-state index in [0.717, 1.165) is 36.8 Å². The van der Waals surface area contributed by atoms with Gasteiger partial charge in [0, 0.05) is 25.5 Å². The average Bonchev–Trinajstić information content (AvgIpc) is 2.87. The van der Waals surface area contributed by atoms with Gasteiger partial charge in [0.25, 0.3) is 5.91 Å². The molecule has 0 N–H and O–H groups in total. The molecule has 1 aliphatic heterocycles. The van der Waals surface area contributed by atoms with Crippen LogP contribution in [0, 0.1) is 5.82 Å². The molecule has 2 aromatic carbocycles. The van der Waals surface area contributed by atoms with Crippen LogP contribution in [0.3, 0.4) is 0 Å². The number of carbonyl (C=O) groups excluding carboxylic acids is 1. The molecule has 2 heterocycles. The monoisotopic (exact) mass is 336 g/mol. The van der Waals surface area contributed by atoms with Crippen LogP contribution in [0.5, 0.6) is 0 Å². The minimum Gasteiger partial charge on any atom is -0.340 e. The van der Waals surface area contributed by atoms with Crippen molar-refractivity contribution < 1.29 is 9.18 Å². The van der Waals surface area contributed by atoms with Gasteiger partial charge in [-0.25, -0.2) is 4.39 Å². The number of para-hydroxylation sites is 1. The summed E-state index contributed by atoms with van der Waals surface area (Å²) in [6.45, 7) is 1.33. The van der Waals surface area contributed by atoms with Crippen LogP contribution in [-0.2, 0) is 19.4 Å². The summed E-state index contributed by atoms with van der Waals surface area (Å²) in [5.74, 6) is -0.259. The zero-order valence-electron chi connectivity index (χ0n) is 14.3. The Morgan fingerprint density at radius 1 is 1.08 bits per heavy atom. The fourth-order valence-electron chi connectivity index (χ4n) is 3.82. The van der Waals surface area contributed by atoms with Crippen molar-refractivity contribution in [2.45, 2.75) is 25.8 Å². The van der Waals surface area contributed by atoms with Crippen LogP contribution in [0.4, 0.5) is 4.39 Å².